The molecule has 28 heavy (non-hydrogen) atoms. The number of carbonyl (C=O) groups is 1. The Morgan fingerprint density at radius 1 is 0.857 bits per heavy atom. The highest BCUT2D eigenvalue weighted by molar-refractivity contribution is 5.97. The topological polar surface area (TPSA) is 17.1 Å². The quantitative estimate of drug-likeness (QED) is 0.203. The van der Waals surface area contributed by atoms with E-state index in [0.29, 0.717) is 6.42 Å². The molecule has 0 bridgehead atoms. The zero-order valence-corrected chi connectivity index (χ0v) is 16.8. The van der Waals surface area contributed by atoms with Crippen LogP contribution in [-0.4, -0.2) is 5.78 Å². The first kappa shape index (κ1) is 20.1. The first-order chi connectivity index (χ1) is 13.8. The van der Waals surface area contributed by atoms with Gasteiger partial charge in [0.2, 0.25) is 0 Å². The minimum Gasteiger partial charge on any atom is -0.294 e. The number of unbranched alkanes of at least 4 members (excludes halogenated alkanes) is 4. The summed E-state index contributed by atoms with van der Waals surface area (Å²) in [6.45, 7) is 2.24. The predicted molar refractivity (Wildman–Crippen MR) is 120 cm³/mol. The Morgan fingerprint density at radius 3 is 2.43 bits per heavy atom. The van der Waals surface area contributed by atoms with Gasteiger partial charge in [-0.3, -0.25) is 4.79 Å². The maximum absolute atomic E-state index is 12.9. The minimum absolute atomic E-state index is 0.102. The monoisotopic (exact) mass is 370 g/mol. The van der Waals surface area contributed by atoms with Crippen LogP contribution in [-0.2, 0) is 0 Å². The minimum atomic E-state index is 0.102. The lowest BCUT2D eigenvalue weighted by molar-refractivity contribution is 0.0978. The SMILES string of the molecule is CCCCCC/C=C/[C@H](CC(=O)c1ccccc1)c1cccc2ccccc12. The van der Waals surface area contributed by atoms with Gasteiger partial charge in [-0.25, -0.2) is 0 Å². The lowest BCUT2D eigenvalue weighted by atomic mass is 9.87. The van der Waals surface area contributed by atoms with Crippen molar-refractivity contribution in [1.82, 2.24) is 0 Å². The maximum Gasteiger partial charge on any atom is 0.163 e. The molecule has 144 valence electrons. The molecule has 3 aromatic rings. The van der Waals surface area contributed by atoms with Crippen molar-refractivity contribution in [2.45, 2.75) is 51.4 Å². The van der Waals surface area contributed by atoms with E-state index in [2.05, 4.69) is 61.5 Å². The molecule has 1 nitrogen and oxygen atoms in total. The number of carbonyl (C=O) groups excluding carboxylic acids is 1. The second-order valence-electron chi connectivity index (χ2n) is 7.45. The molecule has 0 radical (unpaired) electrons. The highest BCUT2D eigenvalue weighted by atomic mass is 16.1. The lowest BCUT2D eigenvalue weighted by Gasteiger charge is -2.16. The van der Waals surface area contributed by atoms with Crippen molar-refractivity contribution in [1.29, 1.82) is 0 Å². The molecule has 3 aromatic carbocycles. The van der Waals surface area contributed by atoms with Crippen LogP contribution >= 0.6 is 0 Å². The molecular weight excluding hydrogens is 340 g/mol. The Morgan fingerprint density at radius 2 is 1.61 bits per heavy atom. The van der Waals surface area contributed by atoms with Crippen molar-refractivity contribution in [2.75, 3.05) is 0 Å². The second kappa shape index (κ2) is 10.6. The molecular formula is C27H30O. The smallest absolute Gasteiger partial charge is 0.163 e. The van der Waals surface area contributed by atoms with E-state index in [9.17, 15) is 4.79 Å². The van der Waals surface area contributed by atoms with Gasteiger partial charge < -0.3 is 0 Å². The summed E-state index contributed by atoms with van der Waals surface area (Å²) >= 11 is 0. The molecule has 0 amide bonds. The molecule has 0 unspecified atom stereocenters. The fraction of sp³-hybridized carbons (Fsp3) is 0.296. The second-order valence-corrected chi connectivity index (χ2v) is 7.45. The molecule has 0 aliphatic carbocycles. The van der Waals surface area contributed by atoms with E-state index in [4.69, 9.17) is 0 Å². The zero-order valence-electron chi connectivity index (χ0n) is 16.8. The van der Waals surface area contributed by atoms with Crippen molar-refractivity contribution in [3.63, 3.8) is 0 Å². The van der Waals surface area contributed by atoms with Gasteiger partial charge in [0.15, 0.2) is 5.78 Å². The Balaban J connectivity index is 1.83. The van der Waals surface area contributed by atoms with Crippen LogP contribution in [0.25, 0.3) is 10.8 Å². The summed E-state index contributed by atoms with van der Waals surface area (Å²) in [6.07, 6.45) is 11.2. The van der Waals surface area contributed by atoms with Gasteiger partial charge in [-0.15, -0.1) is 0 Å². The molecule has 0 fully saturated rings. The van der Waals surface area contributed by atoms with E-state index >= 15 is 0 Å². The van der Waals surface area contributed by atoms with E-state index in [1.54, 1.807) is 0 Å². The first-order valence-electron chi connectivity index (χ1n) is 10.5. The Bertz CT molecular complexity index is 902. The van der Waals surface area contributed by atoms with Crippen LogP contribution in [0.3, 0.4) is 0 Å². The van der Waals surface area contributed by atoms with Crippen LogP contribution < -0.4 is 0 Å². The first-order valence-corrected chi connectivity index (χ1v) is 10.5. The molecule has 0 saturated carbocycles. The van der Waals surface area contributed by atoms with Crippen LogP contribution in [0.15, 0.2) is 84.9 Å². The Kier molecular flexibility index (Phi) is 7.61. The van der Waals surface area contributed by atoms with Crippen LogP contribution in [0.2, 0.25) is 0 Å². The summed E-state index contributed by atoms with van der Waals surface area (Å²) in [6, 6.07) is 24.5. The van der Waals surface area contributed by atoms with Crippen LogP contribution in [0.1, 0.15) is 67.3 Å². The average Bonchev–Trinajstić information content (AvgIpc) is 2.75. The van der Waals surface area contributed by atoms with Crippen LogP contribution in [0.5, 0.6) is 0 Å². The van der Waals surface area contributed by atoms with Gasteiger partial charge in [0.1, 0.15) is 0 Å². The van der Waals surface area contributed by atoms with Crippen LogP contribution in [0.4, 0.5) is 0 Å². The highest BCUT2D eigenvalue weighted by Gasteiger charge is 2.16. The molecule has 0 saturated heterocycles. The van der Waals surface area contributed by atoms with Crippen LogP contribution in [0, 0.1) is 0 Å². The van der Waals surface area contributed by atoms with Crippen molar-refractivity contribution >= 4 is 16.6 Å². The van der Waals surface area contributed by atoms with Gasteiger partial charge in [-0.2, -0.15) is 0 Å². The number of hydrogen-bond acceptors (Lipinski definition) is 1. The number of rotatable bonds is 10. The summed E-state index contributed by atoms with van der Waals surface area (Å²) in [4.78, 5) is 12.9. The molecule has 0 heterocycles. The van der Waals surface area contributed by atoms with E-state index in [1.165, 1.54) is 42.0 Å². The lowest BCUT2D eigenvalue weighted by Crippen LogP contribution is -2.06. The van der Waals surface area contributed by atoms with Gasteiger partial charge in [-0.1, -0.05) is 111 Å². The molecule has 0 N–H and O–H groups in total. The summed E-state index contributed by atoms with van der Waals surface area (Å²) in [5.41, 5.74) is 2.04. The number of ketones is 1. The van der Waals surface area contributed by atoms with E-state index in [1.807, 2.05) is 30.3 Å². The standard InChI is InChI=1S/C27H30O/c1-2-3-4-5-6-8-17-24(21-27(28)23-15-9-7-10-16-23)26-20-13-18-22-14-11-12-19-25(22)26/h7-20,24H,2-6,21H2,1H3/b17-8+/t24-/m1/s1. The molecule has 1 atom stereocenters. The fourth-order valence-electron chi connectivity index (χ4n) is 3.75. The van der Waals surface area contributed by atoms with E-state index in [0.717, 1.165) is 12.0 Å². The molecule has 0 aromatic heterocycles. The largest absolute Gasteiger partial charge is 0.294 e. The normalized spacial score (nSPS) is 12.5. The highest BCUT2D eigenvalue weighted by Crippen LogP contribution is 2.30. The summed E-state index contributed by atoms with van der Waals surface area (Å²) in [5, 5.41) is 2.47. The number of benzene rings is 3. The predicted octanol–water partition coefficient (Wildman–Crippen LogP) is 7.72. The summed E-state index contributed by atoms with van der Waals surface area (Å²) < 4.78 is 0. The third-order valence-corrected chi connectivity index (χ3v) is 5.32. The number of hydrogen-bond donors (Lipinski definition) is 0. The average molecular weight is 371 g/mol. The third-order valence-electron chi connectivity index (χ3n) is 5.32. The maximum atomic E-state index is 12.9. The molecule has 3 rings (SSSR count). The van der Waals surface area contributed by atoms with Crippen molar-refractivity contribution in [2.24, 2.45) is 0 Å². The van der Waals surface area contributed by atoms with Crippen molar-refractivity contribution in [3.05, 3.63) is 96.1 Å². The molecule has 0 spiro atoms. The zero-order chi connectivity index (χ0) is 19.6. The summed E-state index contributed by atoms with van der Waals surface area (Å²) in [5.74, 6) is 0.305. The fourth-order valence-corrected chi connectivity index (χ4v) is 3.75. The molecule has 0 aliphatic rings. The Labute approximate surface area is 169 Å². The molecule has 1 heteroatoms. The van der Waals surface area contributed by atoms with Crippen molar-refractivity contribution in [3.8, 4) is 0 Å². The number of fused-ring (bicyclic) bond motifs is 1. The third kappa shape index (κ3) is 5.42. The van der Waals surface area contributed by atoms with Gasteiger partial charge in [0.25, 0.3) is 0 Å². The summed E-state index contributed by atoms with van der Waals surface area (Å²) in [7, 11) is 0. The van der Waals surface area contributed by atoms with E-state index < -0.39 is 0 Å². The molecule has 0 aliphatic heterocycles. The van der Waals surface area contributed by atoms with Gasteiger partial charge in [0.05, 0.1) is 0 Å². The van der Waals surface area contributed by atoms with Gasteiger partial charge in [0, 0.05) is 17.9 Å². The van der Waals surface area contributed by atoms with Crippen molar-refractivity contribution < 1.29 is 4.79 Å². The Hall–Kier alpha value is -2.67. The van der Waals surface area contributed by atoms with E-state index in [-0.39, 0.29) is 11.7 Å². The number of allylic oxidation sites excluding steroid dienone is 2. The van der Waals surface area contributed by atoms with Gasteiger partial charge in [-0.05, 0) is 29.2 Å². The van der Waals surface area contributed by atoms with Gasteiger partial charge >= 0.3 is 0 Å². The number of Topliss-reactive ketones (excluding diaryl/α,β-unsaturated/α-hetero) is 1.